The Morgan fingerprint density at radius 1 is 1.33 bits per heavy atom. The van der Waals surface area contributed by atoms with E-state index < -0.39 is 28.0 Å². The zero-order chi connectivity index (χ0) is 13.5. The first-order valence-corrected chi connectivity index (χ1v) is 7.39. The summed E-state index contributed by atoms with van der Waals surface area (Å²) < 4.78 is 24.1. The number of carbonyl (C=O) groups is 2. The number of aliphatic hydroxyl groups is 1. The van der Waals surface area contributed by atoms with E-state index in [1.54, 1.807) is 0 Å². The normalized spacial score (nSPS) is 25.8. The second-order valence-corrected chi connectivity index (χ2v) is 6.31. The lowest BCUT2D eigenvalue weighted by atomic mass is 10.2. The predicted molar refractivity (Wildman–Crippen MR) is 61.1 cm³/mol. The van der Waals surface area contributed by atoms with Gasteiger partial charge in [-0.25, -0.2) is 13.2 Å². The number of carbonyl (C=O) groups excluding carboxylic acids is 2. The van der Waals surface area contributed by atoms with Crippen LogP contribution in [-0.2, 0) is 14.8 Å². The van der Waals surface area contributed by atoms with Gasteiger partial charge >= 0.3 is 6.03 Å². The molecule has 102 valence electrons. The van der Waals surface area contributed by atoms with Crippen molar-refractivity contribution in [1.29, 1.82) is 0 Å². The van der Waals surface area contributed by atoms with E-state index in [0.717, 1.165) is 11.2 Å². The molecule has 0 spiro atoms. The van der Waals surface area contributed by atoms with Crippen molar-refractivity contribution >= 4 is 22.0 Å². The summed E-state index contributed by atoms with van der Waals surface area (Å²) in [5, 5.41) is 8.81. The van der Waals surface area contributed by atoms with Crippen molar-refractivity contribution in [1.82, 2.24) is 14.1 Å². The minimum atomic E-state index is -3.36. The number of amides is 3. The van der Waals surface area contributed by atoms with Crippen LogP contribution >= 0.6 is 0 Å². The monoisotopic (exact) mass is 277 g/mol. The number of nitrogens with zero attached hydrogens (tertiary/aromatic N) is 3. The van der Waals surface area contributed by atoms with Gasteiger partial charge in [-0.05, 0) is 0 Å². The molecule has 9 heteroatoms. The largest absolute Gasteiger partial charge is 0.395 e. The number of β-amino-alcohol motifs (C(OH)–C–C–N with tert-alkyl or cyclic N) is 1. The summed E-state index contributed by atoms with van der Waals surface area (Å²) in [4.78, 5) is 26.1. The number of piperazine rings is 1. The molecule has 2 rings (SSSR count). The lowest BCUT2D eigenvalue weighted by Crippen LogP contribution is -2.54. The zero-order valence-corrected chi connectivity index (χ0v) is 10.8. The summed E-state index contributed by atoms with van der Waals surface area (Å²) >= 11 is 0. The summed E-state index contributed by atoms with van der Waals surface area (Å²) in [6.07, 6.45) is 1.08. The highest BCUT2D eigenvalue weighted by Crippen LogP contribution is 2.22. The highest BCUT2D eigenvalue weighted by molar-refractivity contribution is 7.88. The molecule has 1 atom stereocenters. The van der Waals surface area contributed by atoms with E-state index in [-0.39, 0.29) is 32.8 Å². The lowest BCUT2D eigenvalue weighted by molar-refractivity contribution is -0.129. The Balaban J connectivity index is 2.19. The smallest absolute Gasteiger partial charge is 0.327 e. The third kappa shape index (κ3) is 2.08. The number of hydrogen-bond donors (Lipinski definition) is 1. The Bertz CT molecular complexity index is 477. The molecule has 1 N–H and O–H groups in total. The second-order valence-electron chi connectivity index (χ2n) is 4.33. The van der Waals surface area contributed by atoms with Crippen LogP contribution in [-0.4, -0.2) is 84.7 Å². The fourth-order valence-corrected chi connectivity index (χ4v) is 3.06. The molecule has 0 aromatic heterocycles. The number of sulfonamides is 1. The summed E-state index contributed by atoms with van der Waals surface area (Å²) in [5.41, 5.74) is 0. The molecule has 3 amide bonds. The van der Waals surface area contributed by atoms with Crippen LogP contribution in [0.1, 0.15) is 0 Å². The molecule has 0 unspecified atom stereocenters. The van der Waals surface area contributed by atoms with Crippen LogP contribution in [0.15, 0.2) is 0 Å². The van der Waals surface area contributed by atoms with Gasteiger partial charge < -0.3 is 10.0 Å². The molecule has 2 heterocycles. The van der Waals surface area contributed by atoms with E-state index in [9.17, 15) is 18.0 Å². The lowest BCUT2D eigenvalue weighted by Gasteiger charge is -2.33. The van der Waals surface area contributed by atoms with E-state index in [4.69, 9.17) is 5.11 Å². The van der Waals surface area contributed by atoms with Crippen LogP contribution in [0, 0.1) is 0 Å². The third-order valence-electron chi connectivity index (χ3n) is 3.16. The molecule has 2 saturated heterocycles. The fraction of sp³-hybridized carbons (Fsp3) is 0.778. The molecule has 0 saturated carbocycles. The van der Waals surface area contributed by atoms with Crippen molar-refractivity contribution in [2.75, 3.05) is 39.0 Å². The van der Waals surface area contributed by atoms with Crippen molar-refractivity contribution < 1.29 is 23.1 Å². The van der Waals surface area contributed by atoms with Crippen molar-refractivity contribution in [2.24, 2.45) is 0 Å². The number of fused-ring (bicyclic) bond motifs is 1. The maximum absolute atomic E-state index is 11.9. The van der Waals surface area contributed by atoms with Gasteiger partial charge in [-0.1, -0.05) is 0 Å². The standard InChI is InChI=1S/C9H15N3O5S/c1-18(16,17)10-2-3-11-7(6-10)8(14)12(4-5-13)9(11)15/h7,13H,2-6H2,1H3/t7-/m1/s1. The van der Waals surface area contributed by atoms with Gasteiger partial charge in [0.1, 0.15) is 6.04 Å². The average Bonchev–Trinajstić information content (AvgIpc) is 2.53. The molecule has 0 aliphatic carbocycles. The predicted octanol–water partition coefficient (Wildman–Crippen LogP) is -2.11. The van der Waals surface area contributed by atoms with E-state index in [1.165, 1.54) is 9.21 Å². The van der Waals surface area contributed by atoms with Crippen molar-refractivity contribution in [3.63, 3.8) is 0 Å². The second kappa shape index (κ2) is 4.48. The van der Waals surface area contributed by atoms with Crippen LogP contribution < -0.4 is 0 Å². The van der Waals surface area contributed by atoms with Gasteiger partial charge in [0.25, 0.3) is 5.91 Å². The number of aliphatic hydroxyl groups excluding tert-OH is 1. The summed E-state index contributed by atoms with van der Waals surface area (Å²) in [6.45, 7) is 0.0360. The van der Waals surface area contributed by atoms with E-state index in [0.29, 0.717) is 0 Å². The molecule has 0 aromatic carbocycles. The SMILES string of the molecule is CS(=O)(=O)N1CCN2C(=O)N(CCO)C(=O)[C@H]2C1. The van der Waals surface area contributed by atoms with E-state index in [2.05, 4.69) is 0 Å². The van der Waals surface area contributed by atoms with E-state index >= 15 is 0 Å². The molecular formula is C9H15N3O5S. The minimum absolute atomic E-state index is 0.00860. The molecule has 0 radical (unpaired) electrons. The molecule has 2 fully saturated rings. The van der Waals surface area contributed by atoms with Crippen molar-refractivity contribution in [3.05, 3.63) is 0 Å². The Morgan fingerprint density at radius 2 is 2.00 bits per heavy atom. The van der Waals surface area contributed by atoms with Gasteiger partial charge in [-0.3, -0.25) is 9.69 Å². The van der Waals surface area contributed by atoms with Crippen LogP contribution in [0.2, 0.25) is 0 Å². The molecule has 18 heavy (non-hydrogen) atoms. The molecule has 8 nitrogen and oxygen atoms in total. The first-order chi connectivity index (χ1) is 8.36. The Hall–Kier alpha value is -1.19. The van der Waals surface area contributed by atoms with Gasteiger partial charge in [0.05, 0.1) is 19.4 Å². The van der Waals surface area contributed by atoms with E-state index in [1.807, 2.05) is 0 Å². The van der Waals surface area contributed by atoms with Crippen LogP contribution in [0.4, 0.5) is 4.79 Å². The maximum atomic E-state index is 11.9. The molecule has 0 aromatic rings. The topological polar surface area (TPSA) is 98.2 Å². The van der Waals surface area contributed by atoms with Gasteiger partial charge in [0.2, 0.25) is 10.0 Å². The molecular weight excluding hydrogens is 262 g/mol. The highest BCUT2D eigenvalue weighted by Gasteiger charge is 2.48. The Labute approximate surface area is 105 Å². The Kier molecular flexibility index (Phi) is 3.30. The molecule has 2 aliphatic heterocycles. The fourth-order valence-electron chi connectivity index (χ4n) is 2.23. The quantitative estimate of drug-likeness (QED) is 0.595. The first kappa shape index (κ1) is 13.2. The number of rotatable bonds is 3. The van der Waals surface area contributed by atoms with Crippen molar-refractivity contribution in [3.8, 4) is 0 Å². The summed E-state index contributed by atoms with van der Waals surface area (Å²) in [5.74, 6) is -0.442. The van der Waals surface area contributed by atoms with Crippen molar-refractivity contribution in [2.45, 2.75) is 6.04 Å². The average molecular weight is 277 g/mol. The number of urea groups is 1. The molecule has 2 aliphatic rings. The van der Waals surface area contributed by atoms with Gasteiger partial charge in [-0.15, -0.1) is 0 Å². The number of hydrogen-bond acceptors (Lipinski definition) is 5. The minimum Gasteiger partial charge on any atom is -0.395 e. The van der Waals surface area contributed by atoms with Gasteiger partial charge in [0, 0.05) is 19.6 Å². The van der Waals surface area contributed by atoms with Gasteiger partial charge in [0.15, 0.2) is 0 Å². The first-order valence-electron chi connectivity index (χ1n) is 5.54. The Morgan fingerprint density at radius 3 is 2.56 bits per heavy atom. The van der Waals surface area contributed by atoms with Crippen LogP contribution in [0.3, 0.4) is 0 Å². The van der Waals surface area contributed by atoms with Gasteiger partial charge in [-0.2, -0.15) is 4.31 Å². The van der Waals surface area contributed by atoms with Crippen LogP contribution in [0.25, 0.3) is 0 Å². The summed E-state index contributed by atoms with van der Waals surface area (Å²) in [6, 6.07) is -1.21. The zero-order valence-electron chi connectivity index (χ0n) is 9.94. The number of imide groups is 1. The summed E-state index contributed by atoms with van der Waals surface area (Å²) in [7, 11) is -3.36. The van der Waals surface area contributed by atoms with Crippen LogP contribution in [0.5, 0.6) is 0 Å². The highest BCUT2D eigenvalue weighted by atomic mass is 32.2. The third-order valence-corrected chi connectivity index (χ3v) is 4.43. The maximum Gasteiger partial charge on any atom is 0.327 e. The molecule has 0 bridgehead atoms.